The van der Waals surface area contributed by atoms with Gasteiger partial charge >= 0.3 is 0 Å². The summed E-state index contributed by atoms with van der Waals surface area (Å²) in [6, 6.07) is 7.70. The van der Waals surface area contributed by atoms with Crippen molar-refractivity contribution in [3.05, 3.63) is 46.7 Å². The van der Waals surface area contributed by atoms with Crippen molar-refractivity contribution in [2.45, 2.75) is 13.5 Å². The molecule has 0 spiro atoms. The summed E-state index contributed by atoms with van der Waals surface area (Å²) in [6.45, 7) is 2.82. The number of halogens is 1. The van der Waals surface area contributed by atoms with Gasteiger partial charge in [-0.3, -0.25) is 4.68 Å². The Labute approximate surface area is 100 Å². The van der Waals surface area contributed by atoms with Gasteiger partial charge in [0.2, 0.25) is 0 Å². The molecule has 0 unspecified atom stereocenters. The molecule has 1 N–H and O–H groups in total. The van der Waals surface area contributed by atoms with Crippen molar-refractivity contribution in [1.82, 2.24) is 9.78 Å². The van der Waals surface area contributed by atoms with E-state index in [1.807, 2.05) is 42.2 Å². The van der Waals surface area contributed by atoms with Crippen molar-refractivity contribution >= 4 is 17.3 Å². The molecule has 2 aromatic rings. The average molecular weight is 236 g/mol. The third-order valence-electron chi connectivity index (χ3n) is 2.64. The number of nitrogens with zero attached hydrogens (tertiary/aromatic N) is 2. The van der Waals surface area contributed by atoms with Gasteiger partial charge in [-0.25, -0.2) is 0 Å². The van der Waals surface area contributed by atoms with Gasteiger partial charge in [0, 0.05) is 35.6 Å². The van der Waals surface area contributed by atoms with E-state index in [1.54, 1.807) is 0 Å². The van der Waals surface area contributed by atoms with Crippen molar-refractivity contribution in [1.29, 1.82) is 0 Å². The Morgan fingerprint density at radius 3 is 2.88 bits per heavy atom. The first-order chi connectivity index (χ1) is 7.66. The van der Waals surface area contributed by atoms with Gasteiger partial charge < -0.3 is 5.32 Å². The van der Waals surface area contributed by atoms with Crippen LogP contribution in [0.25, 0.3) is 0 Å². The van der Waals surface area contributed by atoms with Crippen molar-refractivity contribution in [2.75, 3.05) is 5.32 Å². The van der Waals surface area contributed by atoms with Crippen LogP contribution in [0.5, 0.6) is 0 Å². The summed E-state index contributed by atoms with van der Waals surface area (Å²) in [5.41, 5.74) is 3.40. The van der Waals surface area contributed by atoms with E-state index in [0.717, 1.165) is 17.3 Å². The summed E-state index contributed by atoms with van der Waals surface area (Å²) in [5.74, 6) is 0. The molecule has 3 nitrogen and oxygen atoms in total. The zero-order valence-corrected chi connectivity index (χ0v) is 10.1. The number of hydrogen-bond donors (Lipinski definition) is 1. The first-order valence-electron chi connectivity index (χ1n) is 5.14. The minimum absolute atomic E-state index is 0.743. The van der Waals surface area contributed by atoms with E-state index in [9.17, 15) is 0 Å². The third-order valence-corrected chi connectivity index (χ3v) is 2.88. The summed E-state index contributed by atoms with van der Waals surface area (Å²) in [6.07, 6.45) is 1.88. The number of benzene rings is 1. The van der Waals surface area contributed by atoms with E-state index in [0.29, 0.717) is 0 Å². The predicted molar refractivity (Wildman–Crippen MR) is 66.7 cm³/mol. The highest BCUT2D eigenvalue weighted by Gasteiger charge is 2.02. The van der Waals surface area contributed by atoms with Crippen LogP contribution in [0.4, 0.5) is 5.69 Å². The van der Waals surface area contributed by atoms with E-state index in [-0.39, 0.29) is 0 Å². The van der Waals surface area contributed by atoms with Crippen LogP contribution in [-0.4, -0.2) is 9.78 Å². The fraction of sp³-hybridized carbons (Fsp3) is 0.250. The molecule has 4 heteroatoms. The highest BCUT2D eigenvalue weighted by Crippen LogP contribution is 2.16. The van der Waals surface area contributed by atoms with Crippen molar-refractivity contribution in [2.24, 2.45) is 7.05 Å². The van der Waals surface area contributed by atoms with Gasteiger partial charge in [0.05, 0.1) is 6.20 Å². The molecule has 0 aliphatic carbocycles. The maximum absolute atomic E-state index is 5.91. The molecule has 0 bridgehead atoms. The summed E-state index contributed by atoms with van der Waals surface area (Å²) in [4.78, 5) is 0. The Morgan fingerprint density at radius 2 is 2.25 bits per heavy atom. The molecular formula is C12H14ClN3. The lowest BCUT2D eigenvalue weighted by molar-refractivity contribution is 0.738. The first-order valence-corrected chi connectivity index (χ1v) is 5.51. The normalized spacial score (nSPS) is 10.4. The van der Waals surface area contributed by atoms with Gasteiger partial charge in [-0.1, -0.05) is 17.7 Å². The van der Waals surface area contributed by atoms with Crippen LogP contribution in [0, 0.1) is 6.92 Å². The molecule has 1 heterocycles. The van der Waals surface area contributed by atoms with Gasteiger partial charge in [0.15, 0.2) is 0 Å². The molecular weight excluding hydrogens is 222 g/mol. The first kappa shape index (κ1) is 11.0. The lowest BCUT2D eigenvalue weighted by Gasteiger charge is -2.06. The number of rotatable bonds is 3. The molecule has 0 aliphatic heterocycles. The van der Waals surface area contributed by atoms with Crippen molar-refractivity contribution < 1.29 is 0 Å². The lowest BCUT2D eigenvalue weighted by Crippen LogP contribution is -2.01. The van der Waals surface area contributed by atoms with Gasteiger partial charge in [-0.15, -0.1) is 0 Å². The zero-order valence-electron chi connectivity index (χ0n) is 9.37. The van der Waals surface area contributed by atoms with Gasteiger partial charge in [-0.2, -0.15) is 5.10 Å². The molecule has 0 amide bonds. The molecule has 0 atom stereocenters. The Balaban J connectivity index is 2.05. The minimum atomic E-state index is 0.743. The molecule has 0 radical (unpaired) electrons. The van der Waals surface area contributed by atoms with Crippen LogP contribution in [0.2, 0.25) is 5.02 Å². The van der Waals surface area contributed by atoms with Crippen LogP contribution in [-0.2, 0) is 13.6 Å². The summed E-state index contributed by atoms with van der Waals surface area (Å²) < 4.78 is 1.87. The van der Waals surface area contributed by atoms with Crippen LogP contribution in [0.1, 0.15) is 11.3 Å². The lowest BCUT2D eigenvalue weighted by atomic mass is 10.2. The second kappa shape index (κ2) is 4.58. The maximum Gasteiger partial charge on any atom is 0.0542 e. The Kier molecular flexibility index (Phi) is 3.15. The SMILES string of the molecule is Cc1c(CNc2cccc(Cl)c2)cnn1C. The van der Waals surface area contributed by atoms with E-state index >= 15 is 0 Å². The number of anilines is 1. The van der Waals surface area contributed by atoms with Crippen LogP contribution >= 0.6 is 11.6 Å². The van der Waals surface area contributed by atoms with Gasteiger partial charge in [-0.05, 0) is 25.1 Å². The second-order valence-corrected chi connectivity index (χ2v) is 4.18. The smallest absolute Gasteiger partial charge is 0.0542 e. The monoisotopic (exact) mass is 235 g/mol. The summed E-state index contributed by atoms with van der Waals surface area (Å²) >= 11 is 5.91. The van der Waals surface area contributed by atoms with E-state index in [2.05, 4.69) is 17.3 Å². The Hall–Kier alpha value is -1.48. The molecule has 84 valence electrons. The number of nitrogens with one attached hydrogen (secondary N) is 1. The topological polar surface area (TPSA) is 29.9 Å². The quantitative estimate of drug-likeness (QED) is 0.887. The Morgan fingerprint density at radius 1 is 1.44 bits per heavy atom. The third kappa shape index (κ3) is 2.36. The maximum atomic E-state index is 5.91. The molecule has 1 aromatic heterocycles. The summed E-state index contributed by atoms with van der Waals surface area (Å²) in [7, 11) is 1.94. The Bertz CT molecular complexity index is 491. The summed E-state index contributed by atoms with van der Waals surface area (Å²) in [5, 5.41) is 8.26. The van der Waals surface area contributed by atoms with E-state index < -0.39 is 0 Å². The highest BCUT2D eigenvalue weighted by molar-refractivity contribution is 6.30. The minimum Gasteiger partial charge on any atom is -0.381 e. The predicted octanol–water partition coefficient (Wildman–Crippen LogP) is 2.99. The van der Waals surface area contributed by atoms with Gasteiger partial charge in [0.25, 0.3) is 0 Å². The van der Waals surface area contributed by atoms with Gasteiger partial charge in [0.1, 0.15) is 0 Å². The van der Waals surface area contributed by atoms with Crippen LogP contribution < -0.4 is 5.32 Å². The fourth-order valence-corrected chi connectivity index (χ4v) is 1.70. The zero-order chi connectivity index (χ0) is 11.5. The fourth-order valence-electron chi connectivity index (χ4n) is 1.51. The number of aromatic nitrogens is 2. The molecule has 16 heavy (non-hydrogen) atoms. The van der Waals surface area contributed by atoms with Crippen molar-refractivity contribution in [3.63, 3.8) is 0 Å². The molecule has 0 fully saturated rings. The van der Waals surface area contributed by atoms with Crippen LogP contribution in [0.15, 0.2) is 30.5 Å². The van der Waals surface area contributed by atoms with E-state index in [4.69, 9.17) is 11.6 Å². The van der Waals surface area contributed by atoms with Crippen LogP contribution in [0.3, 0.4) is 0 Å². The molecule has 0 saturated carbocycles. The highest BCUT2D eigenvalue weighted by atomic mass is 35.5. The van der Waals surface area contributed by atoms with E-state index in [1.165, 1.54) is 11.3 Å². The second-order valence-electron chi connectivity index (χ2n) is 3.74. The van der Waals surface area contributed by atoms with Crippen molar-refractivity contribution in [3.8, 4) is 0 Å². The molecule has 0 saturated heterocycles. The molecule has 2 rings (SSSR count). The largest absolute Gasteiger partial charge is 0.381 e. The number of hydrogen-bond acceptors (Lipinski definition) is 2. The number of aryl methyl sites for hydroxylation is 1. The molecule has 0 aliphatic rings. The molecule has 1 aromatic carbocycles. The standard InChI is InChI=1S/C12H14ClN3/c1-9-10(8-15-16(9)2)7-14-12-5-3-4-11(13)6-12/h3-6,8,14H,7H2,1-2H3. The average Bonchev–Trinajstić information content (AvgIpc) is 2.57.